The van der Waals surface area contributed by atoms with Gasteiger partial charge in [-0.25, -0.2) is 0 Å². The Morgan fingerprint density at radius 1 is 0.684 bits per heavy atom. The zero-order chi connectivity index (χ0) is 14.7. The van der Waals surface area contributed by atoms with E-state index < -0.39 is 9.71 Å². The Balaban J connectivity index is 2.80. The minimum atomic E-state index is -1.44. The standard InChI is InChI=1S/C10HCl9/c11-3-1(2-5(13)9(17)10(2,18)19)4(12)7(15)8(16)6(3)14/h9H. The molecule has 0 fully saturated rings. The lowest BCUT2D eigenvalue weighted by molar-refractivity contribution is 0.907. The molecule has 0 saturated heterocycles. The lowest BCUT2D eigenvalue weighted by Crippen LogP contribution is -2.39. The second-order valence-corrected chi connectivity index (χ2v) is 7.77. The van der Waals surface area contributed by atoms with E-state index in [0.717, 1.165) is 0 Å². The predicted molar refractivity (Wildman–Crippen MR) is 88.3 cm³/mol. The van der Waals surface area contributed by atoms with Gasteiger partial charge in [0.15, 0.2) is 4.33 Å². The maximum Gasteiger partial charge on any atom is 0.166 e. The van der Waals surface area contributed by atoms with Crippen LogP contribution in [0, 0.1) is 0 Å². The van der Waals surface area contributed by atoms with Crippen molar-refractivity contribution in [3.63, 3.8) is 0 Å². The zero-order valence-corrected chi connectivity index (χ0v) is 15.3. The van der Waals surface area contributed by atoms with Gasteiger partial charge >= 0.3 is 0 Å². The highest BCUT2D eigenvalue weighted by atomic mass is 35.5. The van der Waals surface area contributed by atoms with Gasteiger partial charge in [0.1, 0.15) is 5.38 Å². The van der Waals surface area contributed by atoms with Gasteiger partial charge in [-0.2, -0.15) is 0 Å². The van der Waals surface area contributed by atoms with E-state index in [2.05, 4.69) is 0 Å². The van der Waals surface area contributed by atoms with Gasteiger partial charge in [0, 0.05) is 16.2 Å². The number of allylic oxidation sites excluding steroid dienone is 2. The molecule has 0 aromatic heterocycles. The Bertz CT molecular complexity index is 573. The van der Waals surface area contributed by atoms with Crippen molar-refractivity contribution in [2.24, 2.45) is 0 Å². The highest BCUT2D eigenvalue weighted by Crippen LogP contribution is 2.60. The first-order valence-corrected chi connectivity index (χ1v) is 8.02. The van der Waals surface area contributed by atoms with Crippen molar-refractivity contribution in [2.45, 2.75) is 9.71 Å². The van der Waals surface area contributed by atoms with Crippen LogP contribution < -0.4 is 0 Å². The van der Waals surface area contributed by atoms with Crippen LogP contribution in [0.2, 0.25) is 25.1 Å². The molecule has 0 spiro atoms. The molecule has 1 aromatic carbocycles. The predicted octanol–water partition coefficient (Wildman–Crippen LogP) is 7.70. The SMILES string of the molecule is ClC1=C(c2c(Cl)c(Cl)c(Cl)c(Cl)c2Cl)C(Cl)(Cl)C1Cl. The molecular weight excluding hydrogens is 439 g/mol. The number of alkyl halides is 3. The molecule has 0 saturated carbocycles. The van der Waals surface area contributed by atoms with Gasteiger partial charge in [-0.05, 0) is 0 Å². The summed E-state index contributed by atoms with van der Waals surface area (Å²) in [5.41, 5.74) is 0.502. The number of rotatable bonds is 1. The molecule has 1 aromatic rings. The van der Waals surface area contributed by atoms with Crippen LogP contribution in [0.5, 0.6) is 0 Å². The van der Waals surface area contributed by atoms with Crippen LogP contribution in [0.1, 0.15) is 5.56 Å². The van der Waals surface area contributed by atoms with Crippen molar-refractivity contribution < 1.29 is 0 Å². The van der Waals surface area contributed by atoms with Gasteiger partial charge in [0.05, 0.1) is 25.1 Å². The van der Waals surface area contributed by atoms with Gasteiger partial charge in [-0.3, -0.25) is 0 Å². The average molecular weight is 440 g/mol. The molecule has 1 atom stereocenters. The van der Waals surface area contributed by atoms with Crippen molar-refractivity contribution in [2.75, 3.05) is 0 Å². The van der Waals surface area contributed by atoms with Gasteiger partial charge in [0.25, 0.3) is 0 Å². The van der Waals surface area contributed by atoms with Crippen molar-refractivity contribution in [3.05, 3.63) is 35.7 Å². The van der Waals surface area contributed by atoms with Crippen molar-refractivity contribution in [1.82, 2.24) is 0 Å². The molecule has 9 heteroatoms. The third-order valence-electron chi connectivity index (χ3n) is 2.57. The molecule has 1 aliphatic rings. The molecule has 0 aliphatic heterocycles. The largest absolute Gasteiger partial charge is 0.166 e. The Morgan fingerprint density at radius 2 is 1.05 bits per heavy atom. The Morgan fingerprint density at radius 3 is 1.42 bits per heavy atom. The molecule has 0 radical (unpaired) electrons. The topological polar surface area (TPSA) is 0 Å². The summed E-state index contributed by atoms with van der Waals surface area (Å²) in [7, 11) is 0. The van der Waals surface area contributed by atoms with E-state index in [1.807, 2.05) is 0 Å². The summed E-state index contributed by atoms with van der Waals surface area (Å²) in [5.74, 6) is 0. The normalized spacial score (nSPS) is 21.6. The van der Waals surface area contributed by atoms with Crippen LogP contribution in [0.4, 0.5) is 0 Å². The lowest BCUT2D eigenvalue weighted by Gasteiger charge is -2.39. The molecule has 19 heavy (non-hydrogen) atoms. The molecule has 2 rings (SSSR count). The number of halogens is 9. The Kier molecular flexibility index (Phi) is 5.03. The maximum atomic E-state index is 6.11. The van der Waals surface area contributed by atoms with Crippen LogP contribution in [-0.2, 0) is 0 Å². The summed E-state index contributed by atoms with van der Waals surface area (Å²) in [6.07, 6.45) is 0. The quantitative estimate of drug-likeness (QED) is 0.239. The first-order valence-electron chi connectivity index (χ1n) is 4.56. The van der Waals surface area contributed by atoms with Crippen LogP contribution >= 0.6 is 104 Å². The van der Waals surface area contributed by atoms with Gasteiger partial charge in [-0.15, -0.1) is 11.6 Å². The molecule has 0 bridgehead atoms. The van der Waals surface area contributed by atoms with Crippen LogP contribution in [0.3, 0.4) is 0 Å². The molecule has 0 nitrogen and oxygen atoms in total. The molecule has 0 heterocycles. The van der Waals surface area contributed by atoms with Gasteiger partial charge in [-0.1, -0.05) is 92.8 Å². The summed E-state index contributed by atoms with van der Waals surface area (Å²) < 4.78 is -1.44. The minimum Gasteiger partial charge on any atom is -0.113 e. The minimum absolute atomic E-state index is 0.0341. The molecule has 0 amide bonds. The van der Waals surface area contributed by atoms with E-state index in [4.69, 9.17) is 104 Å². The van der Waals surface area contributed by atoms with E-state index in [0.29, 0.717) is 0 Å². The van der Waals surface area contributed by atoms with Crippen molar-refractivity contribution in [3.8, 4) is 0 Å². The first-order chi connectivity index (χ1) is 8.62. The summed E-state index contributed by atoms with van der Waals surface area (Å²) in [4.78, 5) is 0. The van der Waals surface area contributed by atoms with Gasteiger partial charge in [0.2, 0.25) is 0 Å². The number of benzene rings is 1. The zero-order valence-electron chi connectivity index (χ0n) is 8.48. The Labute approximate surface area is 154 Å². The van der Waals surface area contributed by atoms with E-state index in [1.165, 1.54) is 0 Å². The average Bonchev–Trinajstić information content (AvgIpc) is 2.37. The Hall–Kier alpha value is 1.57. The van der Waals surface area contributed by atoms with Crippen LogP contribution in [-0.4, -0.2) is 9.71 Å². The maximum absolute atomic E-state index is 6.11. The van der Waals surface area contributed by atoms with Crippen molar-refractivity contribution >= 4 is 110 Å². The molecule has 0 N–H and O–H groups in total. The van der Waals surface area contributed by atoms with E-state index in [9.17, 15) is 0 Å². The summed E-state index contributed by atoms with van der Waals surface area (Å²) >= 11 is 54.2. The summed E-state index contributed by atoms with van der Waals surface area (Å²) in [6.45, 7) is 0. The van der Waals surface area contributed by atoms with E-state index >= 15 is 0 Å². The van der Waals surface area contributed by atoms with Crippen molar-refractivity contribution in [1.29, 1.82) is 0 Å². The number of hydrogen-bond donors (Lipinski definition) is 0. The van der Waals surface area contributed by atoms with E-state index in [1.54, 1.807) is 0 Å². The van der Waals surface area contributed by atoms with Crippen LogP contribution in [0.15, 0.2) is 5.03 Å². The highest BCUT2D eigenvalue weighted by Gasteiger charge is 2.52. The third kappa shape index (κ3) is 2.46. The lowest BCUT2D eigenvalue weighted by atomic mass is 9.89. The second kappa shape index (κ2) is 5.65. The molecule has 1 aliphatic carbocycles. The fourth-order valence-corrected chi connectivity index (χ4v) is 4.38. The second-order valence-electron chi connectivity index (χ2n) is 3.65. The first kappa shape index (κ1) is 16.9. The third-order valence-corrected chi connectivity index (χ3v) is 6.95. The molecular formula is C10HCl9. The fourth-order valence-electron chi connectivity index (χ4n) is 1.60. The monoisotopic (exact) mass is 436 g/mol. The highest BCUT2D eigenvalue weighted by molar-refractivity contribution is 6.66. The smallest absolute Gasteiger partial charge is 0.113 e. The summed E-state index contributed by atoms with van der Waals surface area (Å²) in [5, 5.41) is -0.321. The fraction of sp³-hybridized carbons (Fsp3) is 0.200. The summed E-state index contributed by atoms with van der Waals surface area (Å²) in [6, 6.07) is 0. The van der Waals surface area contributed by atoms with Gasteiger partial charge < -0.3 is 0 Å². The molecule has 1 unspecified atom stereocenters. The number of hydrogen-bond acceptors (Lipinski definition) is 0. The van der Waals surface area contributed by atoms with Crippen LogP contribution in [0.25, 0.3) is 5.57 Å². The molecule has 104 valence electrons. The van der Waals surface area contributed by atoms with E-state index in [-0.39, 0.29) is 41.3 Å².